The van der Waals surface area contributed by atoms with E-state index in [0.717, 1.165) is 33.5 Å². The van der Waals surface area contributed by atoms with Gasteiger partial charge in [0.05, 0.1) is 65.1 Å². The highest BCUT2D eigenvalue weighted by atomic mass is 79.9. The number of ether oxygens (including phenoxy) is 2. The zero-order chi connectivity index (χ0) is 56.2. The lowest BCUT2D eigenvalue weighted by Gasteiger charge is -2.25. The van der Waals surface area contributed by atoms with Crippen LogP contribution in [-0.4, -0.2) is 97.9 Å². The minimum absolute atomic E-state index is 0.00177. The molecule has 0 aliphatic rings. The van der Waals surface area contributed by atoms with Gasteiger partial charge in [-0.15, -0.1) is 23.5 Å². The third-order valence-corrected chi connectivity index (χ3v) is 16.5. The summed E-state index contributed by atoms with van der Waals surface area (Å²) in [7, 11) is -3.64. The molecule has 0 unspecified atom stereocenters. The molecule has 75 heavy (non-hydrogen) atoms. The molecule has 0 spiro atoms. The Morgan fingerprint density at radius 2 is 1.04 bits per heavy atom. The van der Waals surface area contributed by atoms with Crippen molar-refractivity contribution in [3.05, 3.63) is 162 Å². The van der Waals surface area contributed by atoms with Gasteiger partial charge in [0, 0.05) is 49.0 Å². The van der Waals surface area contributed by atoms with Crippen LogP contribution in [0.1, 0.15) is 37.5 Å². The van der Waals surface area contributed by atoms with E-state index in [1.54, 1.807) is 55.4 Å². The van der Waals surface area contributed by atoms with Gasteiger partial charge in [0.25, 0.3) is 26.0 Å². The van der Waals surface area contributed by atoms with Crippen LogP contribution >= 0.6 is 85.9 Å². The molecule has 0 aliphatic carbocycles. The van der Waals surface area contributed by atoms with E-state index in [2.05, 4.69) is 25.9 Å². The van der Waals surface area contributed by atoms with Gasteiger partial charge < -0.3 is 9.47 Å². The predicted molar refractivity (Wildman–Crippen MR) is 281 cm³/mol. The van der Waals surface area contributed by atoms with Crippen molar-refractivity contribution in [2.75, 3.05) is 63.0 Å². The van der Waals surface area contributed by atoms with E-state index in [4.69, 9.17) is 60.7 Å². The van der Waals surface area contributed by atoms with Crippen molar-refractivity contribution in [2.45, 2.75) is 31.9 Å². The molecule has 0 saturated carbocycles. The summed E-state index contributed by atoms with van der Waals surface area (Å²) in [6.07, 6.45) is -3.55. The molecule has 0 radical (unpaired) electrons. The van der Waals surface area contributed by atoms with Crippen LogP contribution in [0.3, 0.4) is 0 Å². The molecule has 4 aromatic carbocycles. The van der Waals surface area contributed by atoms with Crippen molar-refractivity contribution in [2.24, 2.45) is 0 Å². The minimum atomic E-state index is -4.89. The van der Waals surface area contributed by atoms with Crippen LogP contribution in [0.4, 0.5) is 37.7 Å². The molecule has 404 valence electrons. The number of sulfonamides is 2. The first-order valence-electron chi connectivity index (χ1n) is 20.5. The molecule has 0 fully saturated rings. The van der Waals surface area contributed by atoms with Gasteiger partial charge in [-0.05, 0) is 101 Å². The Bertz CT molecular complexity index is 3240. The molecule has 29 heteroatoms. The summed E-state index contributed by atoms with van der Waals surface area (Å²) >= 11 is 29.1. The van der Waals surface area contributed by atoms with Gasteiger partial charge in [0.15, 0.2) is 0 Å². The molecule has 1 amide bonds. The number of rotatable bonds is 16. The molecule has 6 rings (SSSR count). The van der Waals surface area contributed by atoms with Crippen molar-refractivity contribution in [1.82, 2.24) is 15.0 Å². The number of carbonyl (C=O) groups excluding carboxylic acids is 2. The maximum Gasteiger partial charge on any atom is 0.417 e. The SMILES string of the molecule is COCN(c1cc(Cl)cnc1Br)S(=O)(=O)c1ccc(Cl)c(C(F)(F)F)c1.COCN(c1cc(Cl)cnc1C(=O)c1ccccc1SC)S(=O)(=O)c1ccc(Cl)c(C(F)(F)F)c1.CON(C)C(=O)c1ccccc1SC. The Hall–Kier alpha value is -4.38. The van der Waals surface area contributed by atoms with E-state index < -0.39 is 82.6 Å². The number of benzene rings is 4. The van der Waals surface area contributed by atoms with Gasteiger partial charge in [-0.1, -0.05) is 70.7 Å². The number of thioether (sulfide) groups is 2. The van der Waals surface area contributed by atoms with E-state index in [0.29, 0.717) is 26.9 Å². The summed E-state index contributed by atoms with van der Waals surface area (Å²) in [6, 6.07) is 21.1. The fraction of sp³-hybridized carbons (Fsp3) is 0.217. The Morgan fingerprint density at radius 3 is 1.48 bits per heavy atom. The van der Waals surface area contributed by atoms with E-state index in [1.165, 1.54) is 62.7 Å². The number of alkyl halides is 6. The average molecular weight is 1270 g/mol. The number of carbonyl (C=O) groups is 2. The van der Waals surface area contributed by atoms with E-state index in [-0.39, 0.29) is 43.2 Å². The molecule has 2 aromatic heterocycles. The summed E-state index contributed by atoms with van der Waals surface area (Å²) in [5.74, 6) is -0.734. The van der Waals surface area contributed by atoms with Crippen LogP contribution in [0.15, 0.2) is 134 Å². The highest BCUT2D eigenvalue weighted by Gasteiger charge is 2.38. The number of pyridine rings is 2. The topological polar surface area (TPSA) is 166 Å². The number of amides is 1. The highest BCUT2D eigenvalue weighted by Crippen LogP contribution is 2.40. The lowest BCUT2D eigenvalue weighted by atomic mass is 10.1. The van der Waals surface area contributed by atoms with Crippen molar-refractivity contribution in [1.29, 1.82) is 0 Å². The monoisotopic (exact) mass is 1270 g/mol. The number of hydroxylamine groups is 2. The fourth-order valence-corrected chi connectivity index (χ4v) is 11.5. The second-order valence-electron chi connectivity index (χ2n) is 14.5. The Balaban J connectivity index is 0.000000266. The van der Waals surface area contributed by atoms with Gasteiger partial charge in [-0.2, -0.15) is 26.3 Å². The number of halogens is 11. The Morgan fingerprint density at radius 1 is 0.627 bits per heavy atom. The molecule has 6 aromatic rings. The lowest BCUT2D eigenvalue weighted by Crippen LogP contribution is -2.34. The molecule has 0 aliphatic heterocycles. The molecule has 14 nitrogen and oxygen atoms in total. The van der Waals surface area contributed by atoms with Crippen molar-refractivity contribution in [3.8, 4) is 0 Å². The van der Waals surface area contributed by atoms with Gasteiger partial charge in [-0.3, -0.25) is 14.4 Å². The molecule has 0 bridgehead atoms. The number of methoxy groups -OCH3 is 2. The number of nitrogens with zero attached hydrogens (tertiary/aromatic N) is 5. The zero-order valence-electron chi connectivity index (χ0n) is 39.5. The summed E-state index contributed by atoms with van der Waals surface area (Å²) in [4.78, 5) is 38.2. The first kappa shape index (κ1) is 63.2. The molecule has 0 N–H and O–H groups in total. The predicted octanol–water partition coefficient (Wildman–Crippen LogP) is 13.2. The molecule has 2 heterocycles. The van der Waals surface area contributed by atoms with Gasteiger partial charge in [0.1, 0.15) is 23.8 Å². The first-order chi connectivity index (χ1) is 35.1. The summed E-state index contributed by atoms with van der Waals surface area (Å²) in [5, 5.41) is 0.0726. The summed E-state index contributed by atoms with van der Waals surface area (Å²) < 4.78 is 144. The van der Waals surface area contributed by atoms with Crippen LogP contribution in [0.25, 0.3) is 0 Å². The lowest BCUT2D eigenvalue weighted by molar-refractivity contribution is -0.138. The number of hydrogen-bond donors (Lipinski definition) is 0. The second kappa shape index (κ2) is 27.3. The number of aromatic nitrogens is 2. The van der Waals surface area contributed by atoms with Gasteiger partial charge in [-0.25, -0.2) is 40.5 Å². The maximum atomic E-state index is 13.5. The van der Waals surface area contributed by atoms with Crippen LogP contribution < -0.4 is 8.61 Å². The van der Waals surface area contributed by atoms with E-state index in [9.17, 15) is 52.8 Å². The Kier molecular flexibility index (Phi) is 23.0. The first-order valence-corrected chi connectivity index (χ1v) is 28.1. The number of ketones is 1. The normalized spacial score (nSPS) is 11.7. The number of hydrogen-bond acceptors (Lipinski definition) is 13. The van der Waals surface area contributed by atoms with E-state index >= 15 is 0 Å². The van der Waals surface area contributed by atoms with Crippen LogP contribution in [-0.2, 0) is 46.7 Å². The summed E-state index contributed by atoms with van der Waals surface area (Å²) in [6.45, 7) is -1.12. The highest BCUT2D eigenvalue weighted by molar-refractivity contribution is 9.10. The molecular formula is C46H40BrCl4F6N5O9S4. The smallest absolute Gasteiger partial charge is 0.363 e. The zero-order valence-corrected chi connectivity index (χ0v) is 47.4. The quantitative estimate of drug-likeness (QED) is 0.0225. The Labute approximate surface area is 464 Å². The molecule has 0 saturated heterocycles. The van der Waals surface area contributed by atoms with Crippen LogP contribution in [0.2, 0.25) is 20.1 Å². The fourth-order valence-electron chi connectivity index (χ4n) is 6.20. The van der Waals surface area contributed by atoms with Crippen molar-refractivity contribution in [3.63, 3.8) is 0 Å². The average Bonchev–Trinajstić information content (AvgIpc) is 3.37. The van der Waals surface area contributed by atoms with Crippen molar-refractivity contribution >= 4 is 129 Å². The largest absolute Gasteiger partial charge is 0.417 e. The van der Waals surface area contributed by atoms with Crippen LogP contribution in [0, 0.1) is 0 Å². The molecule has 0 atom stereocenters. The number of anilines is 2. The van der Waals surface area contributed by atoms with E-state index in [1.807, 2.05) is 24.5 Å². The third kappa shape index (κ3) is 15.9. The summed E-state index contributed by atoms with van der Waals surface area (Å²) in [5.41, 5.74) is -2.19. The van der Waals surface area contributed by atoms with Crippen LogP contribution in [0.5, 0.6) is 0 Å². The standard InChI is InChI=1S/C22H17Cl2F3N2O4S2.C14H10BrCl2F3N2O3S.C10H13NO2S/c1-33-12-29(35(31,32)14-7-8-17(24)16(10-14)22(25,26)27)18-9-13(23)11-28-20(18)21(30)15-5-3-4-6-19(15)34-2;1-25-7-22(12-4-8(16)6-21-13(12)15)26(23,24)9-2-3-11(17)10(5-9)14(18,19)20;1-11(13-2)10(12)8-6-4-5-7-9(8)14-3/h3-11H,12H2,1-2H3;2-6H,7H2,1H3;4-7H,1-3H3. The minimum Gasteiger partial charge on any atom is -0.363 e. The second-order valence-corrected chi connectivity index (χ2v) is 22.4. The van der Waals surface area contributed by atoms with Crippen molar-refractivity contribution < 1.29 is 67.1 Å². The van der Waals surface area contributed by atoms with Gasteiger partial charge in [0.2, 0.25) is 5.78 Å². The third-order valence-electron chi connectivity index (χ3n) is 9.78. The maximum absolute atomic E-state index is 13.5. The van der Waals surface area contributed by atoms with Gasteiger partial charge >= 0.3 is 12.4 Å². The molecular weight excluding hydrogens is 1230 g/mol.